The summed E-state index contributed by atoms with van der Waals surface area (Å²) in [6.07, 6.45) is 0.552. The van der Waals surface area contributed by atoms with Gasteiger partial charge in [0.2, 0.25) is 0 Å². The van der Waals surface area contributed by atoms with Gasteiger partial charge >= 0.3 is 12.1 Å². The average Bonchev–Trinajstić information content (AvgIpc) is 3.21. The van der Waals surface area contributed by atoms with Crippen molar-refractivity contribution in [1.29, 1.82) is 0 Å². The van der Waals surface area contributed by atoms with Gasteiger partial charge < -0.3 is 19.5 Å². The first-order chi connectivity index (χ1) is 12.3. The maximum Gasteiger partial charge on any atom is 0.410 e. The number of rotatable bonds is 3. The van der Waals surface area contributed by atoms with Crippen LogP contribution in [0.3, 0.4) is 0 Å². The number of nitrogens with one attached hydrogen (secondary N) is 1. The molecule has 0 aromatic heterocycles. The fourth-order valence-electron chi connectivity index (χ4n) is 3.20. The highest BCUT2D eigenvalue weighted by atomic mass is 16.6. The number of hydrogen-bond donors (Lipinski definition) is 1. The number of esters is 1. The Morgan fingerprint density at radius 3 is 2.65 bits per heavy atom. The van der Waals surface area contributed by atoms with Crippen molar-refractivity contribution < 1.29 is 23.8 Å². The Morgan fingerprint density at radius 2 is 2.04 bits per heavy atom. The van der Waals surface area contributed by atoms with E-state index in [4.69, 9.17) is 14.2 Å². The fourth-order valence-corrected chi connectivity index (χ4v) is 3.20. The summed E-state index contributed by atoms with van der Waals surface area (Å²) in [5.74, 6) is -0.394. The smallest absolute Gasteiger partial charge is 0.410 e. The van der Waals surface area contributed by atoms with Crippen LogP contribution in [-0.4, -0.2) is 48.9 Å². The van der Waals surface area contributed by atoms with Gasteiger partial charge in [0.1, 0.15) is 5.60 Å². The zero-order chi connectivity index (χ0) is 18.9. The summed E-state index contributed by atoms with van der Waals surface area (Å²) in [5.41, 5.74) is 2.71. The molecule has 3 rings (SSSR count). The third-order valence-corrected chi connectivity index (χ3v) is 4.41. The molecule has 1 atom stereocenters. The quantitative estimate of drug-likeness (QED) is 0.833. The Balaban J connectivity index is 1.86. The number of ether oxygens (including phenoxy) is 3. The minimum Gasteiger partial charge on any atom is -0.465 e. The lowest BCUT2D eigenvalue weighted by Crippen LogP contribution is -2.33. The molecule has 1 N–H and O–H groups in total. The number of fused-ring (bicyclic) bond motifs is 1. The standard InChI is InChI=1S/C19H26N2O5/c1-19(2,3)26-18(23)21-9-13-7-12(17(22)24-4)8-16(15(13)10-21)20-14-5-6-25-11-14/h7-8,14,20H,5-6,9-11H2,1-4H3/t14-/m0/s1. The van der Waals surface area contributed by atoms with Gasteiger partial charge in [-0.1, -0.05) is 0 Å². The van der Waals surface area contributed by atoms with Crippen LogP contribution in [0.2, 0.25) is 0 Å². The number of benzene rings is 1. The minimum atomic E-state index is -0.550. The molecule has 0 saturated carbocycles. The third kappa shape index (κ3) is 4.09. The molecule has 0 unspecified atom stereocenters. The van der Waals surface area contributed by atoms with Crippen LogP contribution >= 0.6 is 0 Å². The van der Waals surface area contributed by atoms with Crippen molar-refractivity contribution >= 4 is 17.7 Å². The van der Waals surface area contributed by atoms with E-state index in [2.05, 4.69) is 5.32 Å². The van der Waals surface area contributed by atoms with Crippen LogP contribution in [0.25, 0.3) is 0 Å². The van der Waals surface area contributed by atoms with E-state index in [1.165, 1.54) is 7.11 Å². The minimum absolute atomic E-state index is 0.197. The van der Waals surface area contributed by atoms with Crippen molar-refractivity contribution in [1.82, 2.24) is 4.90 Å². The van der Waals surface area contributed by atoms with Crippen molar-refractivity contribution in [3.05, 3.63) is 28.8 Å². The molecule has 2 aliphatic rings. The van der Waals surface area contributed by atoms with E-state index in [0.29, 0.717) is 25.3 Å². The molecule has 1 saturated heterocycles. The van der Waals surface area contributed by atoms with Crippen LogP contribution in [0, 0.1) is 0 Å². The average molecular weight is 362 g/mol. The number of anilines is 1. The molecule has 2 heterocycles. The molecule has 0 bridgehead atoms. The second kappa shape index (κ2) is 7.15. The van der Waals surface area contributed by atoms with Crippen molar-refractivity contribution in [3.63, 3.8) is 0 Å². The van der Waals surface area contributed by atoms with E-state index >= 15 is 0 Å². The summed E-state index contributed by atoms with van der Waals surface area (Å²) in [5, 5.41) is 3.46. The Labute approximate surface area is 153 Å². The lowest BCUT2D eigenvalue weighted by molar-refractivity contribution is 0.0242. The van der Waals surface area contributed by atoms with Crippen LogP contribution in [0.4, 0.5) is 10.5 Å². The number of methoxy groups -OCH3 is 1. The first kappa shape index (κ1) is 18.5. The first-order valence-corrected chi connectivity index (χ1v) is 8.83. The lowest BCUT2D eigenvalue weighted by Gasteiger charge is -2.24. The zero-order valence-electron chi connectivity index (χ0n) is 15.8. The van der Waals surface area contributed by atoms with E-state index in [1.54, 1.807) is 17.0 Å². The monoisotopic (exact) mass is 362 g/mol. The van der Waals surface area contributed by atoms with Gasteiger partial charge in [0.15, 0.2) is 0 Å². The Morgan fingerprint density at radius 1 is 1.27 bits per heavy atom. The summed E-state index contributed by atoms with van der Waals surface area (Å²) >= 11 is 0. The number of nitrogens with zero attached hydrogens (tertiary/aromatic N) is 1. The molecule has 2 aliphatic heterocycles. The van der Waals surface area contributed by atoms with Gasteiger partial charge in [-0.2, -0.15) is 0 Å². The molecule has 7 heteroatoms. The molecule has 0 aliphatic carbocycles. The number of amides is 1. The van der Waals surface area contributed by atoms with Crippen molar-refractivity contribution in [2.24, 2.45) is 0 Å². The predicted octanol–water partition coefficient (Wildman–Crippen LogP) is 2.92. The summed E-state index contributed by atoms with van der Waals surface area (Å²) in [6, 6.07) is 3.78. The van der Waals surface area contributed by atoms with Gasteiger partial charge in [0, 0.05) is 18.8 Å². The molecule has 142 valence electrons. The van der Waals surface area contributed by atoms with Gasteiger partial charge in [-0.25, -0.2) is 9.59 Å². The molecule has 1 aromatic rings. The second-order valence-electron chi connectivity index (χ2n) is 7.69. The Bertz CT molecular complexity index is 705. The Kier molecular flexibility index (Phi) is 5.09. The maximum atomic E-state index is 12.4. The first-order valence-electron chi connectivity index (χ1n) is 8.83. The highest BCUT2D eigenvalue weighted by Crippen LogP contribution is 2.33. The lowest BCUT2D eigenvalue weighted by atomic mass is 10.0. The number of hydrogen-bond acceptors (Lipinski definition) is 6. The molecule has 1 fully saturated rings. The van der Waals surface area contributed by atoms with Gasteiger partial charge in [-0.05, 0) is 50.5 Å². The van der Waals surface area contributed by atoms with Crippen LogP contribution in [0.1, 0.15) is 48.7 Å². The van der Waals surface area contributed by atoms with Gasteiger partial charge in [0.25, 0.3) is 0 Å². The molecule has 1 amide bonds. The third-order valence-electron chi connectivity index (χ3n) is 4.41. The van der Waals surface area contributed by atoms with Crippen LogP contribution in [0.15, 0.2) is 12.1 Å². The van der Waals surface area contributed by atoms with Crippen LogP contribution in [-0.2, 0) is 27.3 Å². The largest absolute Gasteiger partial charge is 0.465 e. The Hall–Kier alpha value is -2.28. The molecule has 0 spiro atoms. The van der Waals surface area contributed by atoms with Gasteiger partial charge in [-0.15, -0.1) is 0 Å². The van der Waals surface area contributed by atoms with E-state index in [9.17, 15) is 9.59 Å². The van der Waals surface area contributed by atoms with Crippen molar-refractivity contribution in [2.75, 3.05) is 25.6 Å². The van der Waals surface area contributed by atoms with Crippen molar-refractivity contribution in [2.45, 2.75) is 51.9 Å². The van der Waals surface area contributed by atoms with E-state index in [0.717, 1.165) is 29.8 Å². The summed E-state index contributed by atoms with van der Waals surface area (Å²) in [6.45, 7) is 7.74. The molecule has 0 radical (unpaired) electrons. The summed E-state index contributed by atoms with van der Waals surface area (Å²) in [7, 11) is 1.36. The normalized spacial score (nSPS) is 19.2. The maximum absolute atomic E-state index is 12.4. The van der Waals surface area contributed by atoms with Crippen molar-refractivity contribution in [3.8, 4) is 0 Å². The van der Waals surface area contributed by atoms with Gasteiger partial charge in [0.05, 0.1) is 31.9 Å². The number of carbonyl (C=O) groups excluding carboxylic acids is 2. The molecular weight excluding hydrogens is 336 g/mol. The van der Waals surface area contributed by atoms with E-state index in [1.807, 2.05) is 20.8 Å². The SMILES string of the molecule is COC(=O)c1cc2c(c(N[C@H]3CCOC3)c1)CN(C(=O)OC(C)(C)C)C2. The molecule has 26 heavy (non-hydrogen) atoms. The highest BCUT2D eigenvalue weighted by molar-refractivity contribution is 5.91. The second-order valence-corrected chi connectivity index (χ2v) is 7.69. The number of carbonyl (C=O) groups is 2. The highest BCUT2D eigenvalue weighted by Gasteiger charge is 2.31. The van der Waals surface area contributed by atoms with Gasteiger partial charge in [-0.3, -0.25) is 4.90 Å². The summed E-state index contributed by atoms with van der Waals surface area (Å²) < 4.78 is 15.8. The predicted molar refractivity (Wildman–Crippen MR) is 96.1 cm³/mol. The van der Waals surface area contributed by atoms with Crippen LogP contribution < -0.4 is 5.32 Å². The topological polar surface area (TPSA) is 77.1 Å². The summed E-state index contributed by atoms with van der Waals surface area (Å²) in [4.78, 5) is 26.1. The zero-order valence-corrected chi connectivity index (χ0v) is 15.8. The fraction of sp³-hybridized carbons (Fsp3) is 0.579. The van der Waals surface area contributed by atoms with E-state index < -0.39 is 11.6 Å². The van der Waals surface area contributed by atoms with Crippen LogP contribution in [0.5, 0.6) is 0 Å². The molecule has 7 nitrogen and oxygen atoms in total. The molecule has 1 aromatic carbocycles. The van der Waals surface area contributed by atoms with E-state index in [-0.39, 0.29) is 12.1 Å². The molecular formula is C19H26N2O5.